The van der Waals surface area contributed by atoms with Crippen LogP contribution in [0.3, 0.4) is 0 Å². The molecule has 0 aromatic rings. The second-order valence-electron chi connectivity index (χ2n) is 40.0. The van der Waals surface area contributed by atoms with E-state index in [9.17, 15) is 38.4 Å². The van der Waals surface area contributed by atoms with Gasteiger partial charge in [0.1, 0.15) is 0 Å². The molecule has 0 bridgehead atoms. The van der Waals surface area contributed by atoms with E-state index in [0.29, 0.717) is 63.7 Å². The third kappa shape index (κ3) is 33.7. The Bertz CT molecular complexity index is 2560. The maximum Gasteiger partial charge on any atom is 0.232 e. The minimum Gasteiger partial charge on any atom is -0.309 e. The summed E-state index contributed by atoms with van der Waals surface area (Å²) >= 11 is 0. The molecule has 16 nitrogen and oxygen atoms in total. The number of hydrogen-bond acceptors (Lipinski definition) is 12. The van der Waals surface area contributed by atoms with Crippen LogP contribution >= 0.6 is 0 Å². The minimum absolute atomic E-state index is 0.0253. The zero-order valence-corrected chi connectivity index (χ0v) is 73.8. The lowest BCUT2D eigenvalue weighted by Gasteiger charge is -2.40. The SMILES string of the molecule is CC(C)CN(CCCCCN1C(=O)CC(CC(C)(C)C(C)(C)C)C1=O)CC(C)C.CCCN(CCC)CCCCCN1C(=O)CC(CC(C)(C)C(C)(C)C)C1=O.CCN(CC)CCCCCN1C(=O)CC(CC(C)(C)C(C)(C)C)C1=O.CN(C)CCCCCN1C(=O)CC(CC(C)(C)C(C)(C)C)C1=O. The van der Waals surface area contributed by atoms with Crippen molar-refractivity contribution in [3.8, 4) is 0 Å². The first-order valence-electron chi connectivity index (χ1n) is 41.9. The lowest BCUT2D eigenvalue weighted by Crippen LogP contribution is -2.36. The first kappa shape index (κ1) is 98.4. The highest BCUT2D eigenvalue weighted by Gasteiger charge is 2.48. The van der Waals surface area contributed by atoms with Crippen molar-refractivity contribution < 1.29 is 38.4 Å². The molecule has 0 aromatic carbocycles. The van der Waals surface area contributed by atoms with E-state index in [-0.39, 0.29) is 114 Å². The molecule has 608 valence electrons. The molecule has 4 saturated heterocycles. The van der Waals surface area contributed by atoms with E-state index in [2.05, 4.69) is 228 Å². The largest absolute Gasteiger partial charge is 0.309 e. The normalized spacial score (nSPS) is 19.2. The zero-order valence-electron chi connectivity index (χ0n) is 73.8. The molecule has 4 heterocycles. The van der Waals surface area contributed by atoms with Gasteiger partial charge in [0.05, 0.1) is 0 Å². The van der Waals surface area contributed by atoms with Crippen LogP contribution in [0.15, 0.2) is 0 Å². The highest BCUT2D eigenvalue weighted by atomic mass is 16.2. The second kappa shape index (κ2) is 44.9. The monoisotopic (exact) mass is 1470 g/mol. The molecule has 0 aromatic heterocycles. The van der Waals surface area contributed by atoms with Gasteiger partial charge in [0.15, 0.2) is 0 Å². The van der Waals surface area contributed by atoms with E-state index in [1.165, 1.54) is 35.7 Å². The van der Waals surface area contributed by atoms with Gasteiger partial charge in [0.25, 0.3) is 0 Å². The van der Waals surface area contributed by atoms with E-state index >= 15 is 0 Å². The number of amides is 8. The molecule has 4 aliphatic heterocycles. The van der Waals surface area contributed by atoms with Gasteiger partial charge in [0, 0.05) is 88.6 Å². The van der Waals surface area contributed by atoms with Gasteiger partial charge in [0.2, 0.25) is 47.3 Å². The summed E-state index contributed by atoms with van der Waals surface area (Å²) in [5.74, 6) is 1.22. The molecule has 8 amide bonds. The third-order valence-electron chi connectivity index (χ3n) is 25.3. The van der Waals surface area contributed by atoms with Gasteiger partial charge >= 0.3 is 0 Å². The molecule has 16 heteroatoms. The fourth-order valence-electron chi connectivity index (χ4n) is 14.3. The second-order valence-corrected chi connectivity index (χ2v) is 40.0. The number of hydrogen-bond donors (Lipinski definition) is 0. The summed E-state index contributed by atoms with van der Waals surface area (Å²) in [4.78, 5) is 116. The van der Waals surface area contributed by atoms with Crippen LogP contribution in [0, 0.1) is 78.8 Å². The van der Waals surface area contributed by atoms with Gasteiger partial charge in [-0.3, -0.25) is 58.0 Å². The first-order chi connectivity index (χ1) is 47.8. The van der Waals surface area contributed by atoms with Crippen molar-refractivity contribution in [1.29, 1.82) is 0 Å². The van der Waals surface area contributed by atoms with Crippen molar-refractivity contribution >= 4 is 47.3 Å². The van der Waals surface area contributed by atoms with Crippen molar-refractivity contribution in [2.45, 2.75) is 335 Å². The van der Waals surface area contributed by atoms with E-state index in [1.807, 2.05) is 0 Å². The molecule has 0 aliphatic carbocycles. The number of unbranched alkanes of at least 4 members (excludes halogenated alkanes) is 8. The fourth-order valence-corrected chi connectivity index (χ4v) is 14.3. The maximum absolute atomic E-state index is 12.8. The topological polar surface area (TPSA) is 162 Å². The Morgan fingerprint density at radius 1 is 0.308 bits per heavy atom. The Hall–Kier alpha value is -3.60. The Kier molecular flexibility index (Phi) is 42.5. The van der Waals surface area contributed by atoms with Crippen molar-refractivity contribution in [3.63, 3.8) is 0 Å². The standard InChI is InChI=1S/C25H48N2O2.C23H44N2O2.C21H40N2O2.C19H36N2O2/c1-19(2)17-26(18-20(3)4)13-11-10-12-14-27-22(28)15-21(23(27)29)16-25(8,9)24(5,6)7;1-8-13-24(14-9-2)15-11-10-12-16-25-20(26)17-19(21(25)27)18-23(6,7)22(3,4)5;1-8-22(9-2)13-11-10-12-14-23-18(24)15-17(19(23)25)16-21(6,7)20(3,4)5;1-18(2,3)19(4,5)14-15-13-16(22)21(17(15)23)12-10-8-9-11-20(6)7/h19-21H,10-18H2,1-9H3;19H,8-18H2,1-7H3;17H,8-16H2,1-7H3;15H,8-14H2,1-7H3. The summed E-state index contributed by atoms with van der Waals surface area (Å²) in [6.07, 6.45) is 19.7. The van der Waals surface area contributed by atoms with Crippen molar-refractivity contribution in [3.05, 3.63) is 0 Å². The molecule has 0 spiro atoms. The van der Waals surface area contributed by atoms with E-state index in [4.69, 9.17) is 0 Å². The van der Waals surface area contributed by atoms with Gasteiger partial charge in [-0.1, -0.05) is 220 Å². The van der Waals surface area contributed by atoms with Crippen LogP contribution in [0.1, 0.15) is 335 Å². The molecule has 0 N–H and O–H groups in total. The molecular formula is C88H168N8O8. The van der Waals surface area contributed by atoms with Crippen LogP contribution in [0.5, 0.6) is 0 Å². The molecule has 4 rings (SSSR count). The molecule has 0 radical (unpaired) electrons. The number of carbonyl (C=O) groups is 8. The first-order valence-corrected chi connectivity index (χ1v) is 41.9. The molecule has 0 saturated carbocycles. The van der Waals surface area contributed by atoms with Crippen molar-refractivity contribution in [2.24, 2.45) is 78.8 Å². The van der Waals surface area contributed by atoms with Crippen LogP contribution in [0.25, 0.3) is 0 Å². The van der Waals surface area contributed by atoms with Gasteiger partial charge < -0.3 is 19.6 Å². The molecule has 4 fully saturated rings. The Morgan fingerprint density at radius 3 is 0.731 bits per heavy atom. The van der Waals surface area contributed by atoms with Gasteiger partial charge in [-0.2, -0.15) is 0 Å². The van der Waals surface area contributed by atoms with Crippen LogP contribution in [0.2, 0.25) is 0 Å². The minimum atomic E-state index is -0.135. The van der Waals surface area contributed by atoms with E-state index < -0.39 is 0 Å². The highest BCUT2D eigenvalue weighted by molar-refractivity contribution is 6.05. The third-order valence-corrected chi connectivity index (χ3v) is 25.3. The molecular weight excluding hydrogens is 1300 g/mol. The summed E-state index contributed by atoms with van der Waals surface area (Å²) < 4.78 is 0. The van der Waals surface area contributed by atoms with Crippen LogP contribution < -0.4 is 0 Å². The number of carbonyl (C=O) groups excluding carboxylic acids is 8. The van der Waals surface area contributed by atoms with Crippen molar-refractivity contribution in [2.75, 3.05) is 106 Å². The smallest absolute Gasteiger partial charge is 0.232 e. The van der Waals surface area contributed by atoms with Gasteiger partial charge in [-0.15, -0.1) is 0 Å². The number of nitrogens with zero attached hydrogens (tertiary/aromatic N) is 8. The summed E-state index contributed by atoms with van der Waals surface area (Å²) in [6.45, 7) is 75.7. The molecule has 4 aliphatic rings. The van der Waals surface area contributed by atoms with Crippen LogP contribution in [-0.4, -0.2) is 192 Å². The zero-order chi connectivity index (χ0) is 80.2. The molecule has 4 unspecified atom stereocenters. The summed E-state index contributed by atoms with van der Waals surface area (Å²) in [6, 6.07) is 0. The number of imide groups is 4. The highest BCUT2D eigenvalue weighted by Crippen LogP contribution is 2.48. The lowest BCUT2D eigenvalue weighted by atomic mass is 9.65. The van der Waals surface area contributed by atoms with Gasteiger partial charge in [-0.25, -0.2) is 0 Å². The Labute approximate surface area is 641 Å². The van der Waals surface area contributed by atoms with Gasteiger partial charge in [-0.05, 0) is 212 Å². The van der Waals surface area contributed by atoms with E-state index in [0.717, 1.165) is 155 Å². The quantitative estimate of drug-likeness (QED) is 0.0421. The average Bonchev–Trinajstić information content (AvgIpc) is 1.61. The lowest BCUT2D eigenvalue weighted by molar-refractivity contribution is -0.141. The summed E-state index contributed by atoms with van der Waals surface area (Å²) in [7, 11) is 4.13. The number of rotatable bonds is 42. The number of likely N-dealkylation sites (tertiary alicyclic amines) is 4. The average molecular weight is 1470 g/mol. The molecule has 104 heavy (non-hydrogen) atoms. The van der Waals surface area contributed by atoms with Crippen LogP contribution in [0.4, 0.5) is 0 Å². The predicted octanol–water partition coefficient (Wildman–Crippen LogP) is 18.6. The maximum atomic E-state index is 12.8. The fraction of sp³-hybridized carbons (Fsp3) is 0.909. The van der Waals surface area contributed by atoms with Crippen LogP contribution in [-0.2, 0) is 38.4 Å². The Morgan fingerprint density at radius 2 is 0.529 bits per heavy atom. The van der Waals surface area contributed by atoms with E-state index in [1.54, 1.807) is 9.80 Å². The summed E-state index contributed by atoms with van der Waals surface area (Å²) in [5, 5.41) is 0. The Balaban J connectivity index is 0.000000696. The molecule has 4 atom stereocenters. The summed E-state index contributed by atoms with van der Waals surface area (Å²) in [5.41, 5.74) is 0.604. The van der Waals surface area contributed by atoms with Crippen molar-refractivity contribution in [1.82, 2.24) is 39.2 Å². The predicted molar refractivity (Wildman–Crippen MR) is 436 cm³/mol.